The lowest BCUT2D eigenvalue weighted by molar-refractivity contribution is -0.117. The lowest BCUT2D eigenvalue weighted by atomic mass is 10.2. The quantitative estimate of drug-likeness (QED) is 0.775. The number of nitriles is 1. The molecule has 0 heterocycles. The van der Waals surface area contributed by atoms with E-state index < -0.39 is 6.04 Å². The van der Waals surface area contributed by atoms with Crippen LogP contribution in [0.25, 0.3) is 0 Å². The van der Waals surface area contributed by atoms with Crippen molar-refractivity contribution in [2.75, 3.05) is 5.32 Å². The number of nitrogens with two attached hydrogens (primary N) is 1. The average Bonchev–Trinajstić information content (AvgIpc) is 2.28. The van der Waals surface area contributed by atoms with Gasteiger partial charge in [0.15, 0.2) is 0 Å². The number of carbonyl (C=O) groups excluding carboxylic acids is 1. The Labute approximate surface area is 88.7 Å². The first kappa shape index (κ1) is 11.2. The fraction of sp³-hybridized carbons (Fsp3) is 0.273. The molecular formula is C11H13N3O. The summed E-state index contributed by atoms with van der Waals surface area (Å²) >= 11 is 0. The van der Waals surface area contributed by atoms with Crippen LogP contribution >= 0.6 is 0 Å². The Kier molecular flexibility index (Phi) is 3.83. The molecule has 1 aromatic rings. The van der Waals surface area contributed by atoms with Crippen molar-refractivity contribution in [2.45, 2.75) is 19.4 Å². The van der Waals surface area contributed by atoms with E-state index in [0.717, 1.165) is 0 Å². The lowest BCUT2D eigenvalue weighted by Gasteiger charge is -2.09. The predicted molar refractivity (Wildman–Crippen MR) is 58.1 cm³/mol. The van der Waals surface area contributed by atoms with Crippen molar-refractivity contribution in [2.24, 2.45) is 5.73 Å². The molecule has 0 spiro atoms. The zero-order valence-electron chi connectivity index (χ0n) is 8.53. The highest BCUT2D eigenvalue weighted by Crippen LogP contribution is 2.10. The molecule has 1 amide bonds. The number of hydrogen-bond donors (Lipinski definition) is 2. The van der Waals surface area contributed by atoms with Crippen LogP contribution in [0.2, 0.25) is 0 Å². The van der Waals surface area contributed by atoms with Crippen LogP contribution in [-0.2, 0) is 4.79 Å². The van der Waals surface area contributed by atoms with E-state index in [1.165, 1.54) is 0 Å². The summed E-state index contributed by atoms with van der Waals surface area (Å²) in [5.41, 5.74) is 6.67. The summed E-state index contributed by atoms with van der Waals surface area (Å²) in [7, 11) is 0. The van der Waals surface area contributed by atoms with Crippen LogP contribution < -0.4 is 11.1 Å². The Bertz CT molecular complexity index is 395. The van der Waals surface area contributed by atoms with Gasteiger partial charge in [-0.15, -0.1) is 0 Å². The molecule has 3 N–H and O–H groups in total. The second-order valence-electron chi connectivity index (χ2n) is 3.20. The van der Waals surface area contributed by atoms with E-state index in [1.807, 2.05) is 13.0 Å². The van der Waals surface area contributed by atoms with Gasteiger partial charge in [0.05, 0.1) is 17.7 Å². The summed E-state index contributed by atoms with van der Waals surface area (Å²) < 4.78 is 0. The number of benzene rings is 1. The number of amides is 1. The number of hydrogen-bond acceptors (Lipinski definition) is 3. The molecule has 0 radical (unpaired) electrons. The van der Waals surface area contributed by atoms with E-state index in [-0.39, 0.29) is 5.91 Å². The van der Waals surface area contributed by atoms with E-state index >= 15 is 0 Å². The molecule has 0 aromatic heterocycles. The zero-order chi connectivity index (χ0) is 11.3. The largest absolute Gasteiger partial charge is 0.325 e. The van der Waals surface area contributed by atoms with Gasteiger partial charge in [-0.05, 0) is 24.6 Å². The molecule has 0 fully saturated rings. The molecule has 0 aliphatic rings. The Morgan fingerprint density at radius 2 is 2.40 bits per heavy atom. The minimum atomic E-state index is -0.504. The van der Waals surface area contributed by atoms with Gasteiger partial charge in [-0.1, -0.05) is 13.0 Å². The molecule has 0 aliphatic carbocycles. The van der Waals surface area contributed by atoms with Gasteiger partial charge in [0.1, 0.15) is 0 Å². The van der Waals surface area contributed by atoms with Crippen molar-refractivity contribution < 1.29 is 4.79 Å². The van der Waals surface area contributed by atoms with Gasteiger partial charge >= 0.3 is 0 Å². The monoisotopic (exact) mass is 203 g/mol. The first-order chi connectivity index (χ1) is 7.17. The summed E-state index contributed by atoms with van der Waals surface area (Å²) in [5, 5.41) is 11.3. The Morgan fingerprint density at radius 3 is 3.00 bits per heavy atom. The second kappa shape index (κ2) is 5.13. The van der Waals surface area contributed by atoms with Gasteiger partial charge in [0.2, 0.25) is 5.91 Å². The van der Waals surface area contributed by atoms with E-state index in [2.05, 4.69) is 5.32 Å². The van der Waals surface area contributed by atoms with Crippen LogP contribution in [0, 0.1) is 11.3 Å². The van der Waals surface area contributed by atoms with Gasteiger partial charge in [-0.3, -0.25) is 4.79 Å². The smallest absolute Gasteiger partial charge is 0.241 e. The topological polar surface area (TPSA) is 78.9 Å². The Morgan fingerprint density at radius 1 is 1.67 bits per heavy atom. The Balaban J connectivity index is 2.73. The minimum absolute atomic E-state index is 0.229. The van der Waals surface area contributed by atoms with Crippen LogP contribution in [0.1, 0.15) is 18.9 Å². The van der Waals surface area contributed by atoms with Crippen LogP contribution in [-0.4, -0.2) is 11.9 Å². The fourth-order valence-electron chi connectivity index (χ4n) is 1.09. The number of carbonyl (C=O) groups is 1. The number of nitrogens with one attached hydrogen (secondary N) is 1. The van der Waals surface area contributed by atoms with Crippen molar-refractivity contribution in [3.05, 3.63) is 29.8 Å². The summed E-state index contributed by atoms with van der Waals surface area (Å²) in [6.07, 6.45) is 0.587. The minimum Gasteiger partial charge on any atom is -0.325 e. The summed E-state index contributed by atoms with van der Waals surface area (Å²) in [4.78, 5) is 11.4. The highest BCUT2D eigenvalue weighted by atomic mass is 16.2. The molecule has 15 heavy (non-hydrogen) atoms. The predicted octanol–water partition coefficient (Wildman–Crippen LogP) is 1.23. The van der Waals surface area contributed by atoms with Crippen LogP contribution in [0.5, 0.6) is 0 Å². The lowest BCUT2D eigenvalue weighted by Crippen LogP contribution is -2.34. The number of rotatable bonds is 3. The van der Waals surface area contributed by atoms with Gasteiger partial charge in [0.25, 0.3) is 0 Å². The molecule has 1 rings (SSSR count). The highest BCUT2D eigenvalue weighted by molar-refractivity contribution is 5.94. The molecule has 4 nitrogen and oxygen atoms in total. The molecular weight excluding hydrogens is 190 g/mol. The van der Waals surface area contributed by atoms with Crippen LogP contribution in [0.15, 0.2) is 24.3 Å². The fourth-order valence-corrected chi connectivity index (χ4v) is 1.09. The maximum atomic E-state index is 11.4. The maximum absolute atomic E-state index is 11.4. The highest BCUT2D eigenvalue weighted by Gasteiger charge is 2.10. The normalized spacial score (nSPS) is 11.5. The number of nitrogens with zero attached hydrogens (tertiary/aromatic N) is 1. The van der Waals surface area contributed by atoms with Gasteiger partial charge in [-0.25, -0.2) is 0 Å². The first-order valence-corrected chi connectivity index (χ1v) is 4.74. The molecule has 78 valence electrons. The van der Waals surface area contributed by atoms with Gasteiger partial charge in [0, 0.05) is 5.69 Å². The van der Waals surface area contributed by atoms with Crippen molar-refractivity contribution >= 4 is 11.6 Å². The molecule has 0 saturated heterocycles. The van der Waals surface area contributed by atoms with E-state index in [1.54, 1.807) is 24.3 Å². The number of anilines is 1. The van der Waals surface area contributed by atoms with Crippen molar-refractivity contribution in [3.8, 4) is 6.07 Å². The van der Waals surface area contributed by atoms with Crippen LogP contribution in [0.3, 0.4) is 0 Å². The van der Waals surface area contributed by atoms with E-state index in [4.69, 9.17) is 11.0 Å². The standard InChI is InChI=1S/C11H13N3O/c1-2-10(13)11(15)14-9-5-3-4-8(6-9)7-12/h3-6,10H,2,13H2,1H3,(H,14,15)/t10-/m1/s1. The third kappa shape index (κ3) is 3.08. The van der Waals surface area contributed by atoms with E-state index in [9.17, 15) is 4.79 Å². The maximum Gasteiger partial charge on any atom is 0.241 e. The summed E-state index contributed by atoms with van der Waals surface area (Å²) in [6, 6.07) is 8.22. The third-order valence-electron chi connectivity index (χ3n) is 2.04. The third-order valence-corrected chi connectivity index (χ3v) is 2.04. The first-order valence-electron chi connectivity index (χ1n) is 4.74. The molecule has 4 heteroatoms. The average molecular weight is 203 g/mol. The molecule has 0 saturated carbocycles. The molecule has 1 atom stereocenters. The van der Waals surface area contributed by atoms with Crippen LogP contribution in [0.4, 0.5) is 5.69 Å². The summed E-state index contributed by atoms with van der Waals surface area (Å²) in [5.74, 6) is -0.229. The van der Waals surface area contributed by atoms with Crippen molar-refractivity contribution in [1.82, 2.24) is 0 Å². The molecule has 1 aromatic carbocycles. The molecule has 0 aliphatic heterocycles. The van der Waals surface area contributed by atoms with Crippen molar-refractivity contribution in [1.29, 1.82) is 5.26 Å². The van der Waals surface area contributed by atoms with E-state index in [0.29, 0.717) is 17.7 Å². The second-order valence-corrected chi connectivity index (χ2v) is 3.20. The molecule has 0 bridgehead atoms. The zero-order valence-corrected chi connectivity index (χ0v) is 8.53. The Hall–Kier alpha value is -1.86. The van der Waals surface area contributed by atoms with Crippen molar-refractivity contribution in [3.63, 3.8) is 0 Å². The SMILES string of the molecule is CC[C@@H](N)C(=O)Nc1cccc(C#N)c1. The summed E-state index contributed by atoms with van der Waals surface area (Å²) in [6.45, 7) is 1.84. The van der Waals surface area contributed by atoms with Gasteiger partial charge < -0.3 is 11.1 Å². The van der Waals surface area contributed by atoms with Gasteiger partial charge in [-0.2, -0.15) is 5.26 Å². The molecule has 0 unspecified atom stereocenters.